The number of halogens is 1. The normalized spacial score (nSPS) is 19.5. The number of amides is 1. The Morgan fingerprint density at radius 2 is 1.58 bits per heavy atom. The van der Waals surface area contributed by atoms with Gasteiger partial charge in [0.2, 0.25) is 11.8 Å². The molecule has 4 aromatic heterocycles. The molecule has 6 heterocycles. The molecule has 398 valence electrons. The molecule has 3 N–H and O–H groups in total. The zero-order chi connectivity index (χ0) is 52.1. The van der Waals surface area contributed by atoms with Crippen LogP contribution >= 0.6 is 11.6 Å². The zero-order valence-electron chi connectivity index (χ0n) is 43.4. The molecule has 0 spiro atoms. The van der Waals surface area contributed by atoms with Crippen molar-refractivity contribution >= 4 is 40.7 Å². The van der Waals surface area contributed by atoms with Gasteiger partial charge in [0.1, 0.15) is 36.2 Å². The number of nitrogens with one attached hydrogen (secondary N) is 2. The van der Waals surface area contributed by atoms with Crippen LogP contribution in [0.4, 0.5) is 17.6 Å². The molecule has 3 fully saturated rings. The van der Waals surface area contributed by atoms with Crippen molar-refractivity contribution < 1.29 is 38.3 Å². The molecule has 3 aliphatic rings. The highest BCUT2D eigenvalue weighted by Crippen LogP contribution is 2.55. The Hall–Kier alpha value is -5.88. The predicted molar refractivity (Wildman–Crippen MR) is 281 cm³/mol. The van der Waals surface area contributed by atoms with Crippen molar-refractivity contribution in [1.29, 1.82) is 5.26 Å². The lowest BCUT2D eigenvalue weighted by atomic mass is 9.49. The summed E-state index contributed by atoms with van der Waals surface area (Å²) in [6.45, 7) is 17.1. The lowest BCUT2D eigenvalue weighted by molar-refractivity contribution is -0.164. The van der Waals surface area contributed by atoms with Crippen molar-refractivity contribution in [2.75, 3.05) is 94.2 Å². The molecule has 19 nitrogen and oxygen atoms in total. The van der Waals surface area contributed by atoms with Crippen molar-refractivity contribution in [2.45, 2.75) is 110 Å². The number of carbonyl (C=O) groups is 1. The van der Waals surface area contributed by atoms with Gasteiger partial charge in [0, 0.05) is 98.1 Å². The molecule has 2 aliphatic heterocycles. The zero-order valence-corrected chi connectivity index (χ0v) is 44.2. The fourth-order valence-corrected chi connectivity index (χ4v) is 10.9. The first-order valence-electron chi connectivity index (χ1n) is 26.0. The van der Waals surface area contributed by atoms with Crippen LogP contribution in [0.15, 0.2) is 61.2 Å². The SMILES string of the molecule is CCc1cnn2c(NCc3ccc(OCCOCCOCCOCCOC4CCN(c5ncc(C(=O)NC6C(C)(C)C(Oc7ccc(C#N)c(Cl)c7)C6(C)C)cn5)CC4)nc3)cc(N3CCCC[C@H]3CCO)nc12. The van der Waals surface area contributed by atoms with E-state index >= 15 is 0 Å². The summed E-state index contributed by atoms with van der Waals surface area (Å²) in [6.07, 6.45) is 13.4. The average Bonchev–Trinajstić information content (AvgIpc) is 3.84. The number of rotatable bonds is 26. The fraction of sp³-hybridized carbons (Fsp3) is 0.574. The molecule has 1 amide bonds. The van der Waals surface area contributed by atoms with Crippen molar-refractivity contribution in [2.24, 2.45) is 10.8 Å². The molecule has 0 unspecified atom stereocenters. The molecule has 1 atom stereocenters. The molecular weight excluding hydrogens is 966 g/mol. The lowest BCUT2D eigenvalue weighted by Crippen LogP contribution is -2.74. The number of hydrogen-bond donors (Lipinski definition) is 3. The molecule has 2 saturated heterocycles. The van der Waals surface area contributed by atoms with E-state index in [1.165, 1.54) is 6.42 Å². The minimum atomic E-state index is -0.387. The van der Waals surface area contributed by atoms with Crippen molar-refractivity contribution in [3.05, 3.63) is 88.5 Å². The van der Waals surface area contributed by atoms with Gasteiger partial charge in [-0.05, 0) is 62.6 Å². The second kappa shape index (κ2) is 25.6. The first kappa shape index (κ1) is 54.4. The van der Waals surface area contributed by atoms with Crippen molar-refractivity contribution in [3.63, 3.8) is 0 Å². The van der Waals surface area contributed by atoms with Crippen LogP contribution in [-0.2, 0) is 31.9 Å². The first-order chi connectivity index (χ1) is 35.9. The molecule has 1 aromatic carbocycles. The van der Waals surface area contributed by atoms with E-state index in [0.29, 0.717) is 93.1 Å². The summed E-state index contributed by atoms with van der Waals surface area (Å²) in [4.78, 5) is 36.5. The fourth-order valence-electron chi connectivity index (χ4n) is 10.7. The number of anilines is 3. The van der Waals surface area contributed by atoms with E-state index in [0.717, 1.165) is 86.6 Å². The monoisotopic (exact) mass is 1040 g/mol. The maximum atomic E-state index is 13.4. The Kier molecular flexibility index (Phi) is 18.8. The van der Waals surface area contributed by atoms with Crippen LogP contribution in [-0.4, -0.2) is 144 Å². The van der Waals surface area contributed by atoms with Gasteiger partial charge in [-0.25, -0.2) is 19.9 Å². The minimum absolute atomic E-state index is 0.124. The van der Waals surface area contributed by atoms with E-state index in [4.69, 9.17) is 45.0 Å². The largest absolute Gasteiger partial charge is 0.489 e. The Bertz CT molecular complexity index is 2620. The van der Waals surface area contributed by atoms with Gasteiger partial charge >= 0.3 is 0 Å². The van der Waals surface area contributed by atoms with Crippen LogP contribution in [0.5, 0.6) is 11.6 Å². The Balaban J connectivity index is 0.641. The Labute approximate surface area is 439 Å². The van der Waals surface area contributed by atoms with E-state index in [-0.39, 0.29) is 47.6 Å². The molecule has 8 rings (SSSR count). The number of hydrogen-bond acceptors (Lipinski definition) is 17. The van der Waals surface area contributed by atoms with E-state index in [9.17, 15) is 15.2 Å². The van der Waals surface area contributed by atoms with Gasteiger partial charge in [-0.3, -0.25) is 4.79 Å². The van der Waals surface area contributed by atoms with E-state index in [2.05, 4.69) is 87.2 Å². The van der Waals surface area contributed by atoms with E-state index < -0.39 is 0 Å². The number of pyridine rings is 1. The number of nitrogens with zero attached hydrogens (tertiary/aromatic N) is 9. The maximum Gasteiger partial charge on any atom is 0.254 e. The molecule has 20 heteroatoms. The number of carbonyl (C=O) groups excluding carboxylic acids is 1. The van der Waals surface area contributed by atoms with Crippen LogP contribution in [0.1, 0.15) is 100 Å². The van der Waals surface area contributed by atoms with Gasteiger partial charge in [-0.1, -0.05) is 52.3 Å². The van der Waals surface area contributed by atoms with Gasteiger partial charge in [0.15, 0.2) is 5.65 Å². The number of aliphatic hydroxyl groups excluding tert-OH is 1. The van der Waals surface area contributed by atoms with Crippen LogP contribution in [0.3, 0.4) is 0 Å². The minimum Gasteiger partial charge on any atom is -0.489 e. The molecule has 0 radical (unpaired) electrons. The maximum absolute atomic E-state index is 13.4. The number of aromatic nitrogens is 6. The second-order valence-corrected chi connectivity index (χ2v) is 20.7. The summed E-state index contributed by atoms with van der Waals surface area (Å²) in [5, 5.41) is 30.7. The number of ether oxygens (including phenoxy) is 6. The van der Waals surface area contributed by atoms with Gasteiger partial charge in [0.05, 0.1) is 74.7 Å². The number of piperidine rings is 2. The highest BCUT2D eigenvalue weighted by Gasteiger charge is 2.64. The number of aliphatic hydroxyl groups is 1. The van der Waals surface area contributed by atoms with E-state index in [1.807, 2.05) is 29.0 Å². The van der Waals surface area contributed by atoms with Gasteiger partial charge in [-0.15, -0.1) is 0 Å². The smallest absolute Gasteiger partial charge is 0.254 e. The summed E-state index contributed by atoms with van der Waals surface area (Å²) in [5.41, 5.74) is 2.96. The number of benzene rings is 1. The Morgan fingerprint density at radius 1 is 0.865 bits per heavy atom. The predicted octanol–water partition coefficient (Wildman–Crippen LogP) is 7.08. The molecular formula is C54H72ClN11O8. The lowest BCUT2D eigenvalue weighted by Gasteiger charge is -2.63. The Morgan fingerprint density at radius 3 is 2.24 bits per heavy atom. The van der Waals surface area contributed by atoms with Gasteiger partial charge < -0.3 is 54.0 Å². The average molecular weight is 1040 g/mol. The van der Waals surface area contributed by atoms with Crippen LogP contribution < -0.4 is 29.9 Å². The molecule has 1 aliphatic carbocycles. The third kappa shape index (κ3) is 13.3. The topological polar surface area (TPSA) is 216 Å². The molecule has 74 heavy (non-hydrogen) atoms. The summed E-state index contributed by atoms with van der Waals surface area (Å²) >= 11 is 6.25. The molecule has 1 saturated carbocycles. The quantitative estimate of drug-likeness (QED) is 0.0472. The summed E-state index contributed by atoms with van der Waals surface area (Å²) < 4.78 is 37.2. The van der Waals surface area contributed by atoms with Crippen LogP contribution in [0.2, 0.25) is 5.02 Å². The summed E-state index contributed by atoms with van der Waals surface area (Å²) in [6, 6.07) is 13.1. The van der Waals surface area contributed by atoms with Gasteiger partial charge in [0.25, 0.3) is 5.91 Å². The first-order valence-corrected chi connectivity index (χ1v) is 26.4. The highest BCUT2D eigenvalue weighted by atomic mass is 35.5. The standard InChI is InChI=1S/C54H72ClN11O8/c1-6-38-36-61-66-45(30-46(62-48(38)66)65-17-8-7-9-41(65)16-20-67)57-32-37-10-13-47(58-33-37)73-28-26-71-24-22-69-21-23-70-25-27-72-42-14-18-64(19-15-42)52-59-34-40(35-60-52)49(68)63-50-53(2,3)51(54(50,4)5)74-43-12-11-39(31-56)44(55)29-43/h10-13,29-30,33-36,41-42,50-51,57,67H,6-9,14-28,32H2,1-5H3,(H,63,68)/t41-,50?,51?/m0/s1. The number of fused-ring (bicyclic) bond motifs is 1. The van der Waals surface area contributed by atoms with Crippen molar-refractivity contribution in [1.82, 2.24) is 34.9 Å². The second-order valence-electron chi connectivity index (χ2n) is 20.3. The number of nitriles is 1. The third-order valence-electron chi connectivity index (χ3n) is 14.4. The summed E-state index contributed by atoms with van der Waals surface area (Å²) in [7, 11) is 0. The highest BCUT2D eigenvalue weighted by molar-refractivity contribution is 6.31. The molecule has 0 bridgehead atoms. The van der Waals surface area contributed by atoms with Crippen LogP contribution in [0.25, 0.3) is 5.65 Å². The molecule has 5 aromatic rings. The van der Waals surface area contributed by atoms with E-state index in [1.54, 1.807) is 30.6 Å². The number of aryl methyl sites for hydroxylation is 1. The van der Waals surface area contributed by atoms with Crippen LogP contribution in [0, 0.1) is 22.2 Å². The van der Waals surface area contributed by atoms with Crippen molar-refractivity contribution in [3.8, 4) is 17.7 Å². The van der Waals surface area contributed by atoms with Gasteiger partial charge in [-0.2, -0.15) is 14.9 Å². The summed E-state index contributed by atoms with van der Waals surface area (Å²) in [5.74, 6) is 3.24. The third-order valence-corrected chi connectivity index (χ3v) is 14.7.